The van der Waals surface area contributed by atoms with Gasteiger partial charge in [-0.25, -0.2) is 26.3 Å². The number of aryl methyl sites for hydroxylation is 1. The topological polar surface area (TPSA) is 140 Å². The van der Waals surface area contributed by atoms with E-state index in [1.165, 1.54) is 44.5 Å². The molecule has 0 aliphatic heterocycles. The van der Waals surface area contributed by atoms with Gasteiger partial charge in [0, 0.05) is 19.3 Å². The molecule has 0 saturated heterocycles. The summed E-state index contributed by atoms with van der Waals surface area (Å²) >= 11 is 6.11. The molecule has 1 amide bonds. The lowest BCUT2D eigenvalue weighted by atomic mass is 10.2. The molecule has 0 spiro atoms. The molecule has 0 aromatic heterocycles. The molecule has 0 aliphatic carbocycles. The van der Waals surface area contributed by atoms with Crippen molar-refractivity contribution in [1.29, 1.82) is 0 Å². The van der Waals surface area contributed by atoms with Crippen LogP contribution in [0.25, 0.3) is 0 Å². The van der Waals surface area contributed by atoms with Crippen LogP contribution in [-0.4, -0.2) is 56.7 Å². The third-order valence-corrected chi connectivity index (χ3v) is 7.40. The Morgan fingerprint density at radius 2 is 1.69 bits per heavy atom. The molecule has 32 heavy (non-hydrogen) atoms. The van der Waals surface area contributed by atoms with Crippen LogP contribution in [0.2, 0.25) is 5.02 Å². The lowest BCUT2D eigenvalue weighted by Gasteiger charge is -2.13. The molecule has 176 valence electrons. The lowest BCUT2D eigenvalue weighted by Crippen LogP contribution is -2.27. The number of ether oxygens (including phenoxy) is 2. The molecule has 0 bridgehead atoms. The van der Waals surface area contributed by atoms with Crippen molar-refractivity contribution in [3.63, 3.8) is 0 Å². The minimum Gasteiger partial charge on any atom is -0.482 e. The number of amides is 1. The van der Waals surface area contributed by atoms with Gasteiger partial charge in [-0.2, -0.15) is 0 Å². The number of carbonyl (C=O) groups excluding carboxylic acids is 1. The molecule has 0 heterocycles. The largest absolute Gasteiger partial charge is 0.482 e. The highest BCUT2D eigenvalue weighted by Gasteiger charge is 2.17. The van der Waals surface area contributed by atoms with E-state index in [0.717, 1.165) is 0 Å². The minimum atomic E-state index is -3.77. The summed E-state index contributed by atoms with van der Waals surface area (Å²) in [5, 5.41) is 2.59. The minimum absolute atomic E-state index is 0.000713. The van der Waals surface area contributed by atoms with Gasteiger partial charge in [-0.15, -0.1) is 0 Å². The van der Waals surface area contributed by atoms with E-state index in [1.807, 2.05) is 0 Å². The third-order valence-electron chi connectivity index (χ3n) is 4.23. The molecule has 0 saturated carbocycles. The van der Waals surface area contributed by atoms with Gasteiger partial charge in [0.15, 0.2) is 6.61 Å². The Bertz CT molecular complexity index is 1190. The maximum absolute atomic E-state index is 12.3. The first kappa shape index (κ1) is 26.0. The molecule has 10 nitrogen and oxygen atoms in total. The van der Waals surface area contributed by atoms with E-state index in [2.05, 4.69) is 14.8 Å². The molecule has 2 aromatic rings. The van der Waals surface area contributed by atoms with Crippen molar-refractivity contribution in [3.8, 4) is 5.75 Å². The van der Waals surface area contributed by atoms with Crippen LogP contribution >= 0.6 is 11.6 Å². The Kier molecular flexibility index (Phi) is 9.01. The van der Waals surface area contributed by atoms with Crippen LogP contribution in [0.3, 0.4) is 0 Å². The molecule has 2 rings (SSSR count). The number of halogens is 1. The zero-order valence-corrected chi connectivity index (χ0v) is 20.0. The van der Waals surface area contributed by atoms with Crippen LogP contribution in [0.15, 0.2) is 46.2 Å². The third kappa shape index (κ3) is 6.89. The number of hydrogen-bond acceptors (Lipinski definition) is 7. The fourth-order valence-corrected chi connectivity index (χ4v) is 4.57. The van der Waals surface area contributed by atoms with Gasteiger partial charge in [-0.05, 0) is 49.9 Å². The van der Waals surface area contributed by atoms with Gasteiger partial charge < -0.3 is 14.8 Å². The Morgan fingerprint density at radius 1 is 1.03 bits per heavy atom. The van der Waals surface area contributed by atoms with Gasteiger partial charge in [-0.1, -0.05) is 17.7 Å². The number of rotatable bonds is 11. The highest BCUT2D eigenvalue weighted by atomic mass is 35.5. The predicted molar refractivity (Wildman–Crippen MR) is 120 cm³/mol. The van der Waals surface area contributed by atoms with Crippen LogP contribution in [0.1, 0.15) is 5.56 Å². The zero-order chi connectivity index (χ0) is 23.9. The Labute approximate surface area is 192 Å². The first-order valence-corrected chi connectivity index (χ1v) is 12.6. The monoisotopic (exact) mass is 505 g/mol. The molecule has 0 fully saturated rings. The Hall–Kier alpha value is -2.22. The van der Waals surface area contributed by atoms with Gasteiger partial charge >= 0.3 is 0 Å². The summed E-state index contributed by atoms with van der Waals surface area (Å²) in [6.45, 7) is 1.60. The van der Waals surface area contributed by atoms with Gasteiger partial charge in [0.2, 0.25) is 20.0 Å². The smallest absolute Gasteiger partial charge is 0.262 e. The van der Waals surface area contributed by atoms with Gasteiger partial charge in [0.1, 0.15) is 5.75 Å². The molecule has 0 aliphatic rings. The Morgan fingerprint density at radius 3 is 2.31 bits per heavy atom. The maximum Gasteiger partial charge on any atom is 0.262 e. The standard InChI is InChI=1S/C19H24ClN3O7S2/c1-13-4-5-15(31(25,26)21-2)11-17(13)23-19(24)12-30-18-7-6-14(10-16(18)20)32(27,28)22-8-9-29-3/h4-7,10-11,21-22H,8-9,12H2,1-3H3,(H,23,24). The van der Waals surface area contributed by atoms with E-state index < -0.39 is 32.6 Å². The van der Waals surface area contributed by atoms with Gasteiger partial charge in [-0.3, -0.25) is 4.79 Å². The molecule has 3 N–H and O–H groups in total. The maximum atomic E-state index is 12.3. The molecule has 2 aromatic carbocycles. The van der Waals surface area contributed by atoms with Crippen molar-refractivity contribution < 1.29 is 31.1 Å². The predicted octanol–water partition coefficient (Wildman–Crippen LogP) is 1.50. The number of hydrogen-bond donors (Lipinski definition) is 3. The second-order valence-electron chi connectivity index (χ2n) is 6.50. The highest BCUT2D eigenvalue weighted by Crippen LogP contribution is 2.27. The summed E-state index contributed by atoms with van der Waals surface area (Å²) in [6.07, 6.45) is 0. The highest BCUT2D eigenvalue weighted by molar-refractivity contribution is 7.89. The quantitative estimate of drug-likeness (QED) is 0.393. The van der Waals surface area contributed by atoms with E-state index in [-0.39, 0.29) is 33.7 Å². The first-order chi connectivity index (χ1) is 15.0. The van der Waals surface area contributed by atoms with Crippen LogP contribution in [0, 0.1) is 6.92 Å². The number of carbonyl (C=O) groups is 1. The molecular formula is C19H24ClN3O7S2. The van der Waals surface area contributed by atoms with E-state index in [9.17, 15) is 21.6 Å². The first-order valence-electron chi connectivity index (χ1n) is 9.25. The normalized spacial score (nSPS) is 11.9. The molecule has 13 heteroatoms. The summed E-state index contributed by atoms with van der Waals surface area (Å²) in [5.74, 6) is -0.443. The molecule has 0 unspecified atom stereocenters. The van der Waals surface area contributed by atoms with E-state index >= 15 is 0 Å². The summed E-state index contributed by atoms with van der Waals surface area (Å²) in [7, 11) is -4.70. The van der Waals surface area contributed by atoms with Crippen LogP contribution in [-0.2, 0) is 29.6 Å². The Balaban J connectivity index is 2.05. The average molecular weight is 506 g/mol. The van der Waals surface area contributed by atoms with Crippen molar-refractivity contribution in [1.82, 2.24) is 9.44 Å². The SMILES string of the molecule is CNS(=O)(=O)c1ccc(C)c(NC(=O)COc2ccc(S(=O)(=O)NCCOC)cc2Cl)c1. The lowest BCUT2D eigenvalue weighted by molar-refractivity contribution is -0.118. The van der Waals surface area contributed by atoms with Crippen LogP contribution in [0.4, 0.5) is 5.69 Å². The molecule has 0 radical (unpaired) electrons. The summed E-state index contributed by atoms with van der Waals surface area (Å²) in [6, 6.07) is 8.17. The van der Waals surface area contributed by atoms with Gasteiger partial charge in [0.05, 0.1) is 21.4 Å². The van der Waals surface area contributed by atoms with Crippen LogP contribution in [0.5, 0.6) is 5.75 Å². The number of sulfonamides is 2. The summed E-state index contributed by atoms with van der Waals surface area (Å²) in [4.78, 5) is 12.2. The number of benzene rings is 2. The van der Waals surface area contributed by atoms with Crippen molar-refractivity contribution >= 4 is 43.2 Å². The average Bonchev–Trinajstić information content (AvgIpc) is 2.74. The number of nitrogens with one attached hydrogen (secondary N) is 3. The van der Waals surface area contributed by atoms with Gasteiger partial charge in [0.25, 0.3) is 5.91 Å². The van der Waals surface area contributed by atoms with Crippen molar-refractivity contribution in [2.45, 2.75) is 16.7 Å². The zero-order valence-electron chi connectivity index (χ0n) is 17.6. The van der Waals surface area contributed by atoms with E-state index in [0.29, 0.717) is 11.3 Å². The summed E-state index contributed by atoms with van der Waals surface area (Å²) < 4.78 is 63.1. The number of methoxy groups -OCH3 is 1. The second-order valence-corrected chi connectivity index (χ2v) is 10.6. The molecular weight excluding hydrogens is 482 g/mol. The number of anilines is 1. The second kappa shape index (κ2) is 11.1. The molecule has 0 atom stereocenters. The van der Waals surface area contributed by atoms with E-state index in [4.69, 9.17) is 21.1 Å². The van der Waals surface area contributed by atoms with Crippen molar-refractivity contribution in [2.75, 3.05) is 39.2 Å². The van der Waals surface area contributed by atoms with Crippen molar-refractivity contribution in [3.05, 3.63) is 47.0 Å². The van der Waals surface area contributed by atoms with E-state index in [1.54, 1.807) is 13.0 Å². The van der Waals surface area contributed by atoms with Crippen LogP contribution < -0.4 is 19.5 Å². The fourth-order valence-electron chi connectivity index (χ4n) is 2.48. The summed E-state index contributed by atoms with van der Waals surface area (Å²) in [5.41, 5.74) is 0.964. The fraction of sp³-hybridized carbons (Fsp3) is 0.316. The van der Waals surface area contributed by atoms with Crippen molar-refractivity contribution in [2.24, 2.45) is 0 Å².